The number of methoxy groups -OCH3 is 1. The van der Waals surface area contributed by atoms with E-state index in [1.165, 1.54) is 12.8 Å². The molecule has 1 saturated carbocycles. The van der Waals surface area contributed by atoms with Gasteiger partial charge in [-0.25, -0.2) is 4.79 Å². The first kappa shape index (κ1) is 12.8. The van der Waals surface area contributed by atoms with Crippen molar-refractivity contribution in [3.63, 3.8) is 0 Å². The molecule has 1 atom stereocenters. The first-order valence-electron chi connectivity index (χ1n) is 6.13. The van der Waals surface area contributed by atoms with E-state index in [4.69, 9.17) is 14.6 Å². The third-order valence-corrected chi connectivity index (χ3v) is 3.59. The van der Waals surface area contributed by atoms with E-state index in [-0.39, 0.29) is 12.2 Å². The van der Waals surface area contributed by atoms with Crippen molar-refractivity contribution in [2.45, 2.75) is 31.4 Å². The van der Waals surface area contributed by atoms with Crippen molar-refractivity contribution in [1.82, 2.24) is 4.90 Å². The summed E-state index contributed by atoms with van der Waals surface area (Å²) < 4.78 is 10.7. The summed E-state index contributed by atoms with van der Waals surface area (Å²) in [6.45, 7) is 4.15. The van der Waals surface area contributed by atoms with Crippen LogP contribution in [0, 0.1) is 5.92 Å². The zero-order valence-corrected chi connectivity index (χ0v) is 10.5. The van der Waals surface area contributed by atoms with Crippen molar-refractivity contribution in [3.05, 3.63) is 0 Å². The molecule has 0 radical (unpaired) electrons. The quantitative estimate of drug-likeness (QED) is 0.709. The summed E-state index contributed by atoms with van der Waals surface area (Å²) in [7, 11) is 1.73. The monoisotopic (exact) mass is 243 g/mol. The van der Waals surface area contributed by atoms with Gasteiger partial charge in [-0.2, -0.15) is 0 Å². The molecule has 0 amide bonds. The summed E-state index contributed by atoms with van der Waals surface area (Å²) >= 11 is 0. The van der Waals surface area contributed by atoms with Crippen LogP contribution in [0.5, 0.6) is 0 Å². The van der Waals surface area contributed by atoms with E-state index < -0.39 is 5.97 Å². The van der Waals surface area contributed by atoms with E-state index in [0.717, 1.165) is 25.6 Å². The number of carbonyl (C=O) groups is 1. The maximum atomic E-state index is 10.5. The van der Waals surface area contributed by atoms with Crippen molar-refractivity contribution >= 4 is 5.97 Å². The maximum absolute atomic E-state index is 10.5. The second kappa shape index (κ2) is 4.92. The van der Waals surface area contributed by atoms with Gasteiger partial charge in [0.25, 0.3) is 0 Å². The summed E-state index contributed by atoms with van der Waals surface area (Å²) in [4.78, 5) is 12.8. The first-order chi connectivity index (χ1) is 8.04. The van der Waals surface area contributed by atoms with Crippen LogP contribution in [0.1, 0.15) is 19.8 Å². The van der Waals surface area contributed by atoms with E-state index in [9.17, 15) is 4.79 Å². The summed E-state index contributed by atoms with van der Waals surface area (Å²) in [5.74, 6) is -0.140. The number of ether oxygens (including phenoxy) is 2. The fraction of sp³-hybridized carbons (Fsp3) is 0.917. The Morgan fingerprint density at radius 3 is 2.65 bits per heavy atom. The molecule has 1 saturated heterocycles. The Morgan fingerprint density at radius 1 is 1.53 bits per heavy atom. The molecule has 1 N–H and O–H groups in total. The van der Waals surface area contributed by atoms with Gasteiger partial charge in [0.1, 0.15) is 6.61 Å². The van der Waals surface area contributed by atoms with Crippen molar-refractivity contribution in [3.8, 4) is 0 Å². The van der Waals surface area contributed by atoms with Gasteiger partial charge < -0.3 is 14.6 Å². The minimum atomic E-state index is -0.902. The van der Waals surface area contributed by atoms with Crippen LogP contribution >= 0.6 is 0 Å². The van der Waals surface area contributed by atoms with Gasteiger partial charge in [-0.1, -0.05) is 0 Å². The van der Waals surface area contributed by atoms with E-state index in [0.29, 0.717) is 6.04 Å². The van der Waals surface area contributed by atoms with Crippen molar-refractivity contribution < 1.29 is 19.4 Å². The summed E-state index contributed by atoms with van der Waals surface area (Å²) in [5.41, 5.74) is -0.292. The fourth-order valence-corrected chi connectivity index (χ4v) is 2.57. The van der Waals surface area contributed by atoms with Crippen LogP contribution in [0.2, 0.25) is 0 Å². The molecule has 0 spiro atoms. The number of carboxylic acid groups (broad SMARTS) is 1. The fourth-order valence-electron chi connectivity index (χ4n) is 2.57. The lowest BCUT2D eigenvalue weighted by Crippen LogP contribution is -2.65. The number of likely N-dealkylation sites (tertiary alicyclic amines) is 1. The zero-order chi connectivity index (χ0) is 12.5. The third kappa shape index (κ3) is 3.18. The van der Waals surface area contributed by atoms with Crippen LogP contribution in [0.3, 0.4) is 0 Å². The van der Waals surface area contributed by atoms with Crippen LogP contribution in [0.4, 0.5) is 0 Å². The molecule has 98 valence electrons. The molecule has 1 unspecified atom stereocenters. The highest BCUT2D eigenvalue weighted by Crippen LogP contribution is 2.39. The van der Waals surface area contributed by atoms with Crippen LogP contribution in [-0.2, 0) is 14.3 Å². The molecule has 2 rings (SSSR count). The van der Waals surface area contributed by atoms with Gasteiger partial charge in [-0.15, -0.1) is 0 Å². The lowest BCUT2D eigenvalue weighted by molar-refractivity contribution is -0.173. The van der Waals surface area contributed by atoms with Gasteiger partial charge >= 0.3 is 5.97 Å². The molecule has 5 nitrogen and oxygen atoms in total. The van der Waals surface area contributed by atoms with Crippen LogP contribution in [0.15, 0.2) is 0 Å². The second-order valence-corrected chi connectivity index (χ2v) is 5.40. The van der Waals surface area contributed by atoms with Gasteiger partial charge in [0.2, 0.25) is 0 Å². The molecule has 2 fully saturated rings. The predicted octanol–water partition coefficient (Wildman–Crippen LogP) is 0.587. The average molecular weight is 243 g/mol. The Labute approximate surface area is 102 Å². The van der Waals surface area contributed by atoms with Gasteiger partial charge in [0.15, 0.2) is 0 Å². The minimum absolute atomic E-state index is 0.206. The molecule has 2 aliphatic rings. The molecule has 1 heterocycles. The van der Waals surface area contributed by atoms with Crippen LogP contribution < -0.4 is 0 Å². The second-order valence-electron chi connectivity index (χ2n) is 5.40. The van der Waals surface area contributed by atoms with E-state index in [2.05, 4.69) is 4.90 Å². The Morgan fingerprint density at radius 2 is 2.18 bits per heavy atom. The van der Waals surface area contributed by atoms with Gasteiger partial charge in [-0.3, -0.25) is 4.90 Å². The smallest absolute Gasteiger partial charge is 0.329 e. The van der Waals surface area contributed by atoms with E-state index in [1.54, 1.807) is 7.11 Å². The number of hydrogen-bond acceptors (Lipinski definition) is 4. The van der Waals surface area contributed by atoms with Crippen molar-refractivity contribution in [2.75, 3.05) is 33.4 Å². The lowest BCUT2D eigenvalue weighted by Gasteiger charge is -2.51. The molecular weight excluding hydrogens is 222 g/mol. The predicted molar refractivity (Wildman–Crippen MR) is 62.0 cm³/mol. The zero-order valence-electron chi connectivity index (χ0n) is 10.5. The molecule has 1 aliphatic heterocycles. The highest BCUT2D eigenvalue weighted by molar-refractivity contribution is 5.68. The number of nitrogens with zero attached hydrogens (tertiary/aromatic N) is 1. The number of aliphatic carboxylic acids is 1. The van der Waals surface area contributed by atoms with E-state index in [1.807, 2.05) is 6.92 Å². The number of rotatable bonds is 7. The molecule has 17 heavy (non-hydrogen) atoms. The number of hydrogen-bond donors (Lipinski definition) is 1. The van der Waals surface area contributed by atoms with Crippen LogP contribution in [-0.4, -0.2) is 61.0 Å². The van der Waals surface area contributed by atoms with Crippen molar-refractivity contribution in [2.24, 2.45) is 5.92 Å². The highest BCUT2D eigenvalue weighted by atomic mass is 16.5. The Bertz CT molecular complexity index is 284. The van der Waals surface area contributed by atoms with E-state index >= 15 is 0 Å². The standard InChI is InChI=1S/C12H21NO4/c1-12(17-6-11(14)15)7-13(8-12)10(5-16-2)9-3-4-9/h9-10H,3-8H2,1-2H3,(H,14,15). The summed E-state index contributed by atoms with van der Waals surface area (Å²) in [5, 5.41) is 8.60. The lowest BCUT2D eigenvalue weighted by atomic mass is 9.93. The minimum Gasteiger partial charge on any atom is -0.480 e. The van der Waals surface area contributed by atoms with Crippen LogP contribution in [0.25, 0.3) is 0 Å². The molecule has 0 bridgehead atoms. The van der Waals surface area contributed by atoms with Crippen molar-refractivity contribution in [1.29, 1.82) is 0 Å². The molecule has 0 aromatic rings. The van der Waals surface area contributed by atoms with Gasteiger partial charge in [0, 0.05) is 26.2 Å². The first-order valence-corrected chi connectivity index (χ1v) is 6.13. The Hall–Kier alpha value is -0.650. The highest BCUT2D eigenvalue weighted by Gasteiger charge is 2.47. The third-order valence-electron chi connectivity index (χ3n) is 3.59. The topological polar surface area (TPSA) is 59.0 Å². The molecule has 0 aromatic carbocycles. The normalized spacial score (nSPS) is 25.3. The summed E-state index contributed by atoms with van der Waals surface area (Å²) in [6.07, 6.45) is 2.58. The molecule has 5 heteroatoms. The molecule has 0 aromatic heterocycles. The van der Waals surface area contributed by atoms with Gasteiger partial charge in [0.05, 0.1) is 12.2 Å². The Balaban J connectivity index is 1.77. The average Bonchev–Trinajstić information content (AvgIpc) is 3.03. The maximum Gasteiger partial charge on any atom is 0.329 e. The molecule has 1 aliphatic carbocycles. The summed E-state index contributed by atoms with van der Waals surface area (Å²) in [6, 6.07) is 0.488. The Kier molecular flexibility index (Phi) is 3.70. The van der Waals surface area contributed by atoms with Gasteiger partial charge in [-0.05, 0) is 25.7 Å². The molecular formula is C12H21NO4. The number of carboxylic acids is 1. The largest absolute Gasteiger partial charge is 0.480 e. The SMILES string of the molecule is COCC(C1CC1)N1CC(C)(OCC(=O)O)C1.